The van der Waals surface area contributed by atoms with Crippen molar-refractivity contribution in [2.45, 2.75) is 25.8 Å². The Kier molecular flexibility index (Phi) is 6.11. The van der Waals surface area contributed by atoms with Crippen molar-refractivity contribution in [3.8, 4) is 0 Å². The number of pyridine rings is 1. The Morgan fingerprint density at radius 1 is 1.13 bits per heavy atom. The molecule has 30 heavy (non-hydrogen) atoms. The van der Waals surface area contributed by atoms with Crippen molar-refractivity contribution in [3.63, 3.8) is 0 Å². The highest BCUT2D eigenvalue weighted by atomic mass is 35.5. The number of benzene rings is 2. The van der Waals surface area contributed by atoms with Crippen LogP contribution < -0.4 is 10.2 Å². The third-order valence-electron chi connectivity index (χ3n) is 5.31. The number of aromatic nitrogens is 1. The first-order valence-corrected chi connectivity index (χ1v) is 10.3. The molecule has 1 amide bonds. The minimum absolute atomic E-state index is 0.0826. The standard InChI is InChI=1S/C24H23ClFN3O/c1-16-6-17(12-27-11-16)9-24(30)29(15-18-7-21(25)10-22(26)8-18)23-4-2-19(3-5-23)20-13-28-14-20/h2-8,10-12,20,28H,9,13-15H2,1H3. The summed E-state index contributed by atoms with van der Waals surface area (Å²) in [7, 11) is 0. The number of amides is 1. The minimum atomic E-state index is -0.416. The summed E-state index contributed by atoms with van der Waals surface area (Å²) in [5.74, 6) is 0.0186. The summed E-state index contributed by atoms with van der Waals surface area (Å²) in [6.07, 6.45) is 3.68. The summed E-state index contributed by atoms with van der Waals surface area (Å²) in [5.41, 5.74) is 4.52. The normalized spacial score (nSPS) is 13.7. The van der Waals surface area contributed by atoms with Gasteiger partial charge in [-0.05, 0) is 59.5 Å². The van der Waals surface area contributed by atoms with Crippen LogP contribution >= 0.6 is 11.6 Å². The number of nitrogens with one attached hydrogen (secondary N) is 1. The minimum Gasteiger partial charge on any atom is -0.315 e. The molecular formula is C24H23ClFN3O. The topological polar surface area (TPSA) is 45.2 Å². The van der Waals surface area contributed by atoms with Crippen LogP contribution in [0, 0.1) is 12.7 Å². The summed E-state index contributed by atoms with van der Waals surface area (Å²) in [5, 5.41) is 3.58. The number of carbonyl (C=O) groups is 1. The molecule has 0 unspecified atom stereocenters. The van der Waals surface area contributed by atoms with Crippen LogP contribution in [0.3, 0.4) is 0 Å². The zero-order valence-corrected chi connectivity index (χ0v) is 17.5. The first-order valence-electron chi connectivity index (χ1n) is 9.94. The van der Waals surface area contributed by atoms with Gasteiger partial charge in [-0.25, -0.2) is 4.39 Å². The van der Waals surface area contributed by atoms with Crippen LogP contribution in [0.1, 0.15) is 28.2 Å². The van der Waals surface area contributed by atoms with Gasteiger partial charge in [0.25, 0.3) is 0 Å². The monoisotopic (exact) mass is 423 g/mol. The fourth-order valence-corrected chi connectivity index (χ4v) is 3.89. The molecule has 2 heterocycles. The smallest absolute Gasteiger partial charge is 0.231 e. The molecule has 0 bridgehead atoms. The number of carbonyl (C=O) groups excluding carboxylic acids is 1. The van der Waals surface area contributed by atoms with E-state index in [2.05, 4.69) is 22.4 Å². The maximum Gasteiger partial charge on any atom is 0.231 e. The summed E-state index contributed by atoms with van der Waals surface area (Å²) < 4.78 is 13.9. The van der Waals surface area contributed by atoms with Gasteiger partial charge in [0.1, 0.15) is 5.82 Å². The Labute approximate surface area is 180 Å². The first-order chi connectivity index (χ1) is 14.5. The zero-order chi connectivity index (χ0) is 21.1. The number of rotatable bonds is 6. The predicted octanol–water partition coefficient (Wildman–Crippen LogP) is 4.65. The molecule has 1 N–H and O–H groups in total. The third-order valence-corrected chi connectivity index (χ3v) is 5.53. The van der Waals surface area contributed by atoms with E-state index in [1.807, 2.05) is 25.1 Å². The molecule has 4 rings (SSSR count). The van der Waals surface area contributed by atoms with Gasteiger partial charge in [0, 0.05) is 42.1 Å². The molecule has 0 saturated carbocycles. The summed E-state index contributed by atoms with van der Waals surface area (Å²) in [6, 6.07) is 14.4. The third kappa shape index (κ3) is 4.86. The largest absolute Gasteiger partial charge is 0.315 e. The average molecular weight is 424 g/mol. The van der Waals surface area contributed by atoms with Crippen LogP contribution in [-0.4, -0.2) is 24.0 Å². The van der Waals surface area contributed by atoms with Crippen molar-refractivity contribution < 1.29 is 9.18 Å². The lowest BCUT2D eigenvalue weighted by atomic mass is 9.93. The van der Waals surface area contributed by atoms with Gasteiger partial charge in [-0.3, -0.25) is 9.78 Å². The maximum absolute atomic E-state index is 13.9. The quantitative estimate of drug-likeness (QED) is 0.628. The average Bonchev–Trinajstić information content (AvgIpc) is 2.65. The molecule has 0 atom stereocenters. The summed E-state index contributed by atoms with van der Waals surface area (Å²) in [6.45, 7) is 4.13. The van der Waals surface area contributed by atoms with E-state index in [1.165, 1.54) is 17.7 Å². The van der Waals surface area contributed by atoms with Gasteiger partial charge in [-0.15, -0.1) is 0 Å². The van der Waals surface area contributed by atoms with Gasteiger partial charge in [0.15, 0.2) is 0 Å². The van der Waals surface area contributed by atoms with Crippen molar-refractivity contribution in [1.29, 1.82) is 0 Å². The van der Waals surface area contributed by atoms with Crippen molar-refractivity contribution in [1.82, 2.24) is 10.3 Å². The second-order valence-corrected chi connectivity index (χ2v) is 8.19. The van der Waals surface area contributed by atoms with E-state index < -0.39 is 5.82 Å². The highest BCUT2D eigenvalue weighted by Crippen LogP contribution is 2.26. The molecule has 1 aliphatic heterocycles. The molecule has 1 aliphatic rings. The summed E-state index contributed by atoms with van der Waals surface area (Å²) in [4.78, 5) is 19.1. The van der Waals surface area contributed by atoms with Crippen molar-refractivity contribution in [2.24, 2.45) is 0 Å². The second kappa shape index (κ2) is 8.94. The molecular weight excluding hydrogens is 401 g/mol. The zero-order valence-electron chi connectivity index (χ0n) is 16.7. The van der Waals surface area contributed by atoms with Crippen LogP contribution in [0.15, 0.2) is 60.9 Å². The molecule has 0 spiro atoms. The van der Waals surface area contributed by atoms with Crippen LogP contribution in [0.2, 0.25) is 5.02 Å². The van der Waals surface area contributed by atoms with E-state index in [4.69, 9.17) is 11.6 Å². The van der Waals surface area contributed by atoms with Crippen molar-refractivity contribution >= 4 is 23.2 Å². The molecule has 154 valence electrons. The van der Waals surface area contributed by atoms with E-state index >= 15 is 0 Å². The highest BCUT2D eigenvalue weighted by molar-refractivity contribution is 6.30. The van der Waals surface area contributed by atoms with Gasteiger partial charge in [-0.1, -0.05) is 29.8 Å². The lowest BCUT2D eigenvalue weighted by Crippen LogP contribution is -2.39. The highest BCUT2D eigenvalue weighted by Gasteiger charge is 2.21. The fraction of sp³-hybridized carbons (Fsp3) is 0.250. The van der Waals surface area contributed by atoms with E-state index in [1.54, 1.807) is 23.4 Å². The SMILES string of the molecule is Cc1cncc(CC(=O)N(Cc2cc(F)cc(Cl)c2)c2ccc(C3CNC3)cc2)c1. The predicted molar refractivity (Wildman–Crippen MR) is 117 cm³/mol. The molecule has 1 fully saturated rings. The number of halogens is 2. The molecule has 2 aromatic carbocycles. The van der Waals surface area contributed by atoms with E-state index in [0.717, 1.165) is 29.9 Å². The Morgan fingerprint density at radius 2 is 1.90 bits per heavy atom. The Morgan fingerprint density at radius 3 is 2.53 bits per heavy atom. The number of hydrogen-bond donors (Lipinski definition) is 1. The van der Waals surface area contributed by atoms with Crippen LogP contribution in [-0.2, 0) is 17.8 Å². The van der Waals surface area contributed by atoms with Gasteiger partial charge < -0.3 is 10.2 Å². The molecule has 0 aliphatic carbocycles. The van der Waals surface area contributed by atoms with Gasteiger partial charge in [0.05, 0.1) is 13.0 Å². The second-order valence-electron chi connectivity index (χ2n) is 7.75. The van der Waals surface area contributed by atoms with Gasteiger partial charge in [0.2, 0.25) is 5.91 Å². The number of anilines is 1. The Hall–Kier alpha value is -2.76. The lowest BCUT2D eigenvalue weighted by molar-refractivity contribution is -0.118. The molecule has 6 heteroatoms. The van der Waals surface area contributed by atoms with Crippen molar-refractivity contribution in [3.05, 3.63) is 94.0 Å². The number of hydrogen-bond acceptors (Lipinski definition) is 3. The van der Waals surface area contributed by atoms with Crippen LogP contribution in [0.4, 0.5) is 10.1 Å². The number of aryl methyl sites for hydroxylation is 1. The molecule has 1 saturated heterocycles. The number of nitrogens with zero attached hydrogens (tertiary/aromatic N) is 2. The lowest BCUT2D eigenvalue weighted by Gasteiger charge is -2.28. The van der Waals surface area contributed by atoms with Gasteiger partial charge in [-0.2, -0.15) is 0 Å². The Balaban J connectivity index is 1.61. The molecule has 0 radical (unpaired) electrons. The first kappa shape index (κ1) is 20.5. The molecule has 1 aromatic heterocycles. The molecule has 3 aromatic rings. The van der Waals surface area contributed by atoms with E-state index in [-0.39, 0.29) is 18.9 Å². The Bertz CT molecular complexity index is 1030. The van der Waals surface area contributed by atoms with E-state index in [9.17, 15) is 9.18 Å². The summed E-state index contributed by atoms with van der Waals surface area (Å²) >= 11 is 6.03. The maximum atomic E-state index is 13.9. The van der Waals surface area contributed by atoms with E-state index in [0.29, 0.717) is 16.5 Å². The van der Waals surface area contributed by atoms with Gasteiger partial charge >= 0.3 is 0 Å². The molecule has 4 nitrogen and oxygen atoms in total. The van der Waals surface area contributed by atoms with Crippen LogP contribution in [0.25, 0.3) is 0 Å². The fourth-order valence-electron chi connectivity index (χ4n) is 3.64. The van der Waals surface area contributed by atoms with Crippen LogP contribution in [0.5, 0.6) is 0 Å². The van der Waals surface area contributed by atoms with Crippen molar-refractivity contribution in [2.75, 3.05) is 18.0 Å².